The molecule has 0 radical (unpaired) electrons. The Morgan fingerprint density at radius 1 is 1.35 bits per heavy atom. The third kappa shape index (κ3) is 2.77. The molecule has 0 fully saturated rings. The quantitative estimate of drug-likeness (QED) is 0.903. The number of aromatic nitrogens is 2. The summed E-state index contributed by atoms with van der Waals surface area (Å²) in [5.41, 5.74) is 2.43. The van der Waals surface area contributed by atoms with Gasteiger partial charge in [-0.3, -0.25) is 0 Å². The van der Waals surface area contributed by atoms with E-state index in [0.717, 1.165) is 15.7 Å². The number of hydrogen-bond donors (Lipinski definition) is 1. The van der Waals surface area contributed by atoms with E-state index in [1.807, 2.05) is 45.9 Å². The molecule has 1 aromatic heterocycles. The van der Waals surface area contributed by atoms with Crippen molar-refractivity contribution in [1.29, 1.82) is 0 Å². The van der Waals surface area contributed by atoms with Crippen LogP contribution in [-0.4, -0.2) is 20.9 Å². The Kier molecular flexibility index (Phi) is 3.73. The second-order valence-corrected chi connectivity index (χ2v) is 6.74. The number of nitrogens with zero attached hydrogens (tertiary/aromatic N) is 2. The molecule has 1 heterocycles. The van der Waals surface area contributed by atoms with Gasteiger partial charge in [-0.15, -0.1) is 0 Å². The SMILES string of the molecule is Cc1cc(Br)ccc1-n1cc(C(=O)O)c(C(C)(C)C)n1. The van der Waals surface area contributed by atoms with Crippen LogP contribution < -0.4 is 0 Å². The second kappa shape index (κ2) is 5.05. The number of halogens is 1. The molecule has 1 aromatic carbocycles. The molecule has 2 rings (SSSR count). The van der Waals surface area contributed by atoms with Gasteiger partial charge in [0.2, 0.25) is 0 Å². The zero-order chi connectivity index (χ0) is 15.1. The molecule has 2 aromatic rings. The van der Waals surface area contributed by atoms with Crippen molar-refractivity contribution in [2.45, 2.75) is 33.1 Å². The third-order valence-corrected chi connectivity index (χ3v) is 3.55. The molecule has 0 unspecified atom stereocenters. The molecular weight excluding hydrogens is 320 g/mol. The molecule has 0 spiro atoms. The molecule has 5 heteroatoms. The van der Waals surface area contributed by atoms with E-state index in [2.05, 4.69) is 21.0 Å². The number of rotatable bonds is 2. The van der Waals surface area contributed by atoms with Crippen LogP contribution in [-0.2, 0) is 5.41 Å². The molecule has 0 saturated heterocycles. The van der Waals surface area contributed by atoms with Crippen LogP contribution in [0, 0.1) is 6.92 Å². The first-order valence-electron chi connectivity index (χ1n) is 6.30. The van der Waals surface area contributed by atoms with E-state index >= 15 is 0 Å². The summed E-state index contributed by atoms with van der Waals surface area (Å²) in [7, 11) is 0. The highest BCUT2D eigenvalue weighted by Gasteiger charge is 2.26. The summed E-state index contributed by atoms with van der Waals surface area (Å²) in [6.45, 7) is 7.85. The lowest BCUT2D eigenvalue weighted by molar-refractivity contribution is 0.0694. The van der Waals surface area contributed by atoms with E-state index in [-0.39, 0.29) is 11.0 Å². The van der Waals surface area contributed by atoms with Crippen molar-refractivity contribution >= 4 is 21.9 Å². The van der Waals surface area contributed by atoms with Gasteiger partial charge < -0.3 is 5.11 Å². The summed E-state index contributed by atoms with van der Waals surface area (Å²) in [6, 6.07) is 5.82. The van der Waals surface area contributed by atoms with Gasteiger partial charge in [-0.25, -0.2) is 9.48 Å². The predicted octanol–water partition coefficient (Wildman–Crippen LogP) is 3.94. The summed E-state index contributed by atoms with van der Waals surface area (Å²) in [4.78, 5) is 11.4. The van der Waals surface area contributed by atoms with Gasteiger partial charge in [0.05, 0.1) is 11.4 Å². The van der Waals surface area contributed by atoms with Crippen LogP contribution in [0.3, 0.4) is 0 Å². The van der Waals surface area contributed by atoms with E-state index in [9.17, 15) is 9.90 Å². The molecule has 0 aliphatic rings. The van der Waals surface area contributed by atoms with Crippen LogP contribution in [0.2, 0.25) is 0 Å². The highest BCUT2D eigenvalue weighted by molar-refractivity contribution is 9.10. The Labute approximate surface area is 126 Å². The smallest absolute Gasteiger partial charge is 0.339 e. The van der Waals surface area contributed by atoms with Crippen LogP contribution in [0.15, 0.2) is 28.9 Å². The Hall–Kier alpha value is -1.62. The maximum Gasteiger partial charge on any atom is 0.339 e. The molecule has 0 bridgehead atoms. The number of benzene rings is 1. The van der Waals surface area contributed by atoms with E-state index < -0.39 is 5.97 Å². The van der Waals surface area contributed by atoms with Crippen LogP contribution in [0.4, 0.5) is 0 Å². The van der Waals surface area contributed by atoms with Gasteiger partial charge in [-0.2, -0.15) is 5.10 Å². The monoisotopic (exact) mass is 336 g/mol. The molecule has 0 saturated carbocycles. The fourth-order valence-corrected chi connectivity index (χ4v) is 2.56. The first kappa shape index (κ1) is 14.8. The highest BCUT2D eigenvalue weighted by Crippen LogP contribution is 2.27. The molecule has 0 atom stereocenters. The van der Waals surface area contributed by atoms with Crippen molar-refractivity contribution in [1.82, 2.24) is 9.78 Å². The minimum Gasteiger partial charge on any atom is -0.478 e. The van der Waals surface area contributed by atoms with Crippen molar-refractivity contribution in [2.75, 3.05) is 0 Å². The van der Waals surface area contributed by atoms with E-state index in [1.165, 1.54) is 0 Å². The summed E-state index contributed by atoms with van der Waals surface area (Å²) < 4.78 is 2.63. The topological polar surface area (TPSA) is 55.1 Å². The van der Waals surface area contributed by atoms with Crippen molar-refractivity contribution in [2.24, 2.45) is 0 Å². The number of carboxylic acid groups (broad SMARTS) is 1. The minimum absolute atomic E-state index is 0.250. The number of aromatic carboxylic acids is 1. The molecular formula is C15H17BrN2O2. The van der Waals surface area contributed by atoms with Crippen LogP contribution >= 0.6 is 15.9 Å². The Bertz CT molecular complexity index is 669. The van der Waals surface area contributed by atoms with Crippen LogP contribution in [0.5, 0.6) is 0 Å². The molecule has 0 aliphatic carbocycles. The van der Waals surface area contributed by atoms with E-state index in [0.29, 0.717) is 5.69 Å². The van der Waals surface area contributed by atoms with Crippen molar-refractivity contribution in [3.05, 3.63) is 45.7 Å². The van der Waals surface area contributed by atoms with Crippen molar-refractivity contribution in [3.8, 4) is 5.69 Å². The largest absolute Gasteiger partial charge is 0.478 e. The summed E-state index contributed by atoms with van der Waals surface area (Å²) in [6.07, 6.45) is 1.58. The molecule has 106 valence electrons. The lowest BCUT2D eigenvalue weighted by Crippen LogP contribution is -2.16. The molecule has 1 N–H and O–H groups in total. The van der Waals surface area contributed by atoms with Crippen LogP contribution in [0.1, 0.15) is 42.4 Å². The van der Waals surface area contributed by atoms with Gasteiger partial charge in [-0.1, -0.05) is 36.7 Å². The summed E-state index contributed by atoms with van der Waals surface area (Å²) in [5, 5.41) is 13.8. The van der Waals surface area contributed by atoms with E-state index in [4.69, 9.17) is 0 Å². The molecule has 0 aliphatic heterocycles. The van der Waals surface area contributed by atoms with Gasteiger partial charge in [-0.05, 0) is 30.7 Å². The standard InChI is InChI=1S/C15H17BrN2O2/c1-9-7-10(16)5-6-12(9)18-8-11(14(19)20)13(17-18)15(2,3)4/h5-8H,1-4H3,(H,19,20). The van der Waals surface area contributed by atoms with Crippen molar-refractivity contribution in [3.63, 3.8) is 0 Å². The number of aryl methyl sites for hydroxylation is 1. The average molecular weight is 337 g/mol. The minimum atomic E-state index is -0.948. The average Bonchev–Trinajstić information content (AvgIpc) is 2.73. The highest BCUT2D eigenvalue weighted by atomic mass is 79.9. The number of carboxylic acids is 1. The number of carbonyl (C=O) groups is 1. The molecule has 0 amide bonds. The molecule has 4 nitrogen and oxygen atoms in total. The maximum absolute atomic E-state index is 11.4. The van der Waals surface area contributed by atoms with Gasteiger partial charge in [0, 0.05) is 16.1 Å². The second-order valence-electron chi connectivity index (χ2n) is 5.82. The Balaban J connectivity index is 2.62. The normalized spacial score (nSPS) is 11.7. The zero-order valence-corrected chi connectivity index (χ0v) is 13.5. The first-order valence-corrected chi connectivity index (χ1v) is 7.09. The van der Waals surface area contributed by atoms with E-state index in [1.54, 1.807) is 10.9 Å². The lowest BCUT2D eigenvalue weighted by atomic mass is 9.90. The van der Waals surface area contributed by atoms with Gasteiger partial charge >= 0.3 is 5.97 Å². The number of hydrogen-bond acceptors (Lipinski definition) is 2. The Morgan fingerprint density at radius 3 is 2.45 bits per heavy atom. The predicted molar refractivity (Wildman–Crippen MR) is 81.7 cm³/mol. The molecule has 20 heavy (non-hydrogen) atoms. The van der Waals surface area contributed by atoms with Gasteiger partial charge in [0.1, 0.15) is 5.56 Å². The van der Waals surface area contributed by atoms with Crippen LogP contribution in [0.25, 0.3) is 5.69 Å². The zero-order valence-electron chi connectivity index (χ0n) is 11.9. The third-order valence-electron chi connectivity index (χ3n) is 3.06. The lowest BCUT2D eigenvalue weighted by Gasteiger charge is -2.16. The summed E-state index contributed by atoms with van der Waals surface area (Å²) >= 11 is 3.42. The maximum atomic E-state index is 11.4. The first-order chi connectivity index (χ1) is 9.20. The van der Waals surface area contributed by atoms with Crippen molar-refractivity contribution < 1.29 is 9.90 Å². The van der Waals surface area contributed by atoms with Gasteiger partial charge in [0.15, 0.2) is 0 Å². The fourth-order valence-electron chi connectivity index (χ4n) is 2.08. The summed E-state index contributed by atoms with van der Waals surface area (Å²) in [5.74, 6) is -0.948. The Morgan fingerprint density at radius 2 is 2.00 bits per heavy atom. The van der Waals surface area contributed by atoms with Gasteiger partial charge in [0.25, 0.3) is 0 Å². The fraction of sp³-hybridized carbons (Fsp3) is 0.333.